The fraction of sp³-hybridized carbons (Fsp3) is 0.130. The first-order valence-electron chi connectivity index (χ1n) is 8.57. The van der Waals surface area contributed by atoms with E-state index in [0.29, 0.717) is 0 Å². The van der Waals surface area contributed by atoms with Crippen LogP contribution in [0.3, 0.4) is 0 Å². The second-order valence-electron chi connectivity index (χ2n) is 7.46. The molecule has 0 aliphatic heterocycles. The molecule has 4 rings (SSSR count). The molecule has 0 saturated heterocycles. The van der Waals surface area contributed by atoms with Crippen LogP contribution in [0, 0.1) is 0 Å². The second-order valence-corrected chi connectivity index (χ2v) is 12.5. The maximum absolute atomic E-state index is 2.45. The van der Waals surface area contributed by atoms with Crippen molar-refractivity contribution in [1.82, 2.24) is 0 Å². The van der Waals surface area contributed by atoms with Crippen molar-refractivity contribution in [3.05, 3.63) is 95.6 Å². The maximum Gasteiger partial charge on any atom is 0.0792 e. The third-order valence-corrected chi connectivity index (χ3v) is 6.78. The third-order valence-electron chi connectivity index (χ3n) is 4.75. The molecule has 0 amide bonds. The smallest absolute Gasteiger partial charge is 0.0656 e. The Morgan fingerprint density at radius 1 is 0.542 bits per heavy atom. The predicted octanol–water partition coefficient (Wildman–Crippen LogP) is 6.50. The van der Waals surface area contributed by atoms with E-state index in [1.807, 2.05) is 0 Å². The third kappa shape index (κ3) is 2.37. The fourth-order valence-corrected chi connectivity index (χ4v) is 5.90. The molecule has 0 heterocycles. The summed E-state index contributed by atoms with van der Waals surface area (Å²) in [5, 5.41) is 1.56. The standard InChI is InChI=1S/C23H22Si/c1-24(2,3)23(17-11-5-4-6-12-17)22-20-15-9-7-13-18(20)19-14-8-10-16-21(19)22/h4-16H,1-3H3. The van der Waals surface area contributed by atoms with Crippen molar-refractivity contribution < 1.29 is 0 Å². The average molecular weight is 327 g/mol. The van der Waals surface area contributed by atoms with E-state index in [-0.39, 0.29) is 0 Å². The molecule has 3 aromatic carbocycles. The molecule has 0 unspecified atom stereocenters. The molecule has 3 aromatic rings. The van der Waals surface area contributed by atoms with Gasteiger partial charge in [-0.25, -0.2) is 0 Å². The van der Waals surface area contributed by atoms with Crippen LogP contribution in [0.4, 0.5) is 0 Å². The summed E-state index contributed by atoms with van der Waals surface area (Å²) in [7, 11) is -1.55. The molecule has 1 aliphatic carbocycles. The van der Waals surface area contributed by atoms with Gasteiger partial charge in [0.2, 0.25) is 0 Å². The second kappa shape index (κ2) is 5.61. The van der Waals surface area contributed by atoms with Crippen LogP contribution in [0.2, 0.25) is 19.6 Å². The van der Waals surface area contributed by atoms with E-state index in [9.17, 15) is 0 Å². The van der Waals surface area contributed by atoms with Crippen LogP contribution < -0.4 is 0 Å². The fourth-order valence-electron chi connectivity index (χ4n) is 3.84. The molecule has 1 heteroatoms. The summed E-state index contributed by atoms with van der Waals surface area (Å²) in [6, 6.07) is 28.7. The zero-order chi connectivity index (χ0) is 16.7. The number of hydrogen-bond acceptors (Lipinski definition) is 0. The Hall–Kier alpha value is -2.38. The van der Waals surface area contributed by atoms with Crippen molar-refractivity contribution in [1.29, 1.82) is 0 Å². The van der Waals surface area contributed by atoms with Crippen molar-refractivity contribution >= 4 is 18.8 Å². The lowest BCUT2D eigenvalue weighted by Gasteiger charge is -2.25. The van der Waals surface area contributed by atoms with Crippen molar-refractivity contribution in [3.8, 4) is 11.1 Å². The van der Waals surface area contributed by atoms with Gasteiger partial charge in [-0.15, -0.1) is 0 Å². The number of rotatable bonds is 2. The highest BCUT2D eigenvalue weighted by Gasteiger charge is 2.31. The van der Waals surface area contributed by atoms with Crippen molar-refractivity contribution in [2.75, 3.05) is 0 Å². The molecule has 1 aliphatic rings. The van der Waals surface area contributed by atoms with Crippen LogP contribution in [0.25, 0.3) is 21.9 Å². The SMILES string of the molecule is C[Si](C)(C)C(=C1c2ccccc2-c2ccccc21)c1ccccc1. The highest BCUT2D eigenvalue weighted by Crippen LogP contribution is 2.49. The highest BCUT2D eigenvalue weighted by molar-refractivity contribution is 6.95. The lowest BCUT2D eigenvalue weighted by Crippen LogP contribution is -2.24. The molecule has 0 fully saturated rings. The topological polar surface area (TPSA) is 0 Å². The largest absolute Gasteiger partial charge is 0.0792 e. The van der Waals surface area contributed by atoms with Crippen LogP contribution in [-0.4, -0.2) is 8.07 Å². The molecule has 0 atom stereocenters. The molecule has 0 aromatic heterocycles. The van der Waals surface area contributed by atoms with Gasteiger partial charge in [0.1, 0.15) is 0 Å². The molecular formula is C23H22Si. The number of benzene rings is 3. The summed E-state index contributed by atoms with van der Waals surface area (Å²) in [4.78, 5) is 0. The van der Waals surface area contributed by atoms with Crippen molar-refractivity contribution in [2.45, 2.75) is 19.6 Å². The summed E-state index contributed by atoms with van der Waals surface area (Å²) in [5.41, 5.74) is 8.34. The zero-order valence-electron chi connectivity index (χ0n) is 14.5. The van der Waals surface area contributed by atoms with Gasteiger partial charge >= 0.3 is 0 Å². The van der Waals surface area contributed by atoms with Gasteiger partial charge < -0.3 is 0 Å². The van der Waals surface area contributed by atoms with Gasteiger partial charge in [0.05, 0.1) is 8.07 Å². The molecule has 0 saturated carbocycles. The Kier molecular flexibility index (Phi) is 3.54. The van der Waals surface area contributed by atoms with Crippen LogP contribution in [-0.2, 0) is 0 Å². The molecule has 0 bridgehead atoms. The molecule has 0 radical (unpaired) electrons. The molecule has 0 N–H and O–H groups in total. The molecular weight excluding hydrogens is 304 g/mol. The minimum Gasteiger partial charge on any atom is -0.0656 e. The van der Waals surface area contributed by atoms with Crippen LogP contribution in [0.5, 0.6) is 0 Å². The van der Waals surface area contributed by atoms with E-state index in [0.717, 1.165) is 0 Å². The Bertz CT molecular complexity index is 880. The lowest BCUT2D eigenvalue weighted by atomic mass is 10.0. The summed E-state index contributed by atoms with van der Waals surface area (Å²) in [6.45, 7) is 7.35. The van der Waals surface area contributed by atoms with E-state index in [4.69, 9.17) is 0 Å². The zero-order valence-corrected chi connectivity index (χ0v) is 15.5. The predicted molar refractivity (Wildman–Crippen MR) is 108 cm³/mol. The monoisotopic (exact) mass is 326 g/mol. The van der Waals surface area contributed by atoms with Crippen LogP contribution in [0.15, 0.2) is 78.9 Å². The Balaban J connectivity index is 2.14. The van der Waals surface area contributed by atoms with E-state index >= 15 is 0 Å². The van der Waals surface area contributed by atoms with Gasteiger partial charge in [-0.2, -0.15) is 0 Å². The molecule has 24 heavy (non-hydrogen) atoms. The van der Waals surface area contributed by atoms with Crippen molar-refractivity contribution in [3.63, 3.8) is 0 Å². The van der Waals surface area contributed by atoms with Gasteiger partial charge in [-0.1, -0.05) is 98.5 Å². The number of hydrogen-bond donors (Lipinski definition) is 0. The van der Waals surface area contributed by atoms with Crippen LogP contribution in [0.1, 0.15) is 16.7 Å². The first kappa shape index (κ1) is 15.2. The van der Waals surface area contributed by atoms with Gasteiger partial charge in [-0.05, 0) is 38.6 Å². The number of fused-ring (bicyclic) bond motifs is 3. The first-order chi connectivity index (χ1) is 11.6. The summed E-state index contributed by atoms with van der Waals surface area (Å²) in [6.07, 6.45) is 0. The highest BCUT2D eigenvalue weighted by atomic mass is 28.3. The summed E-state index contributed by atoms with van der Waals surface area (Å²) < 4.78 is 0. The Morgan fingerprint density at radius 3 is 1.42 bits per heavy atom. The van der Waals surface area contributed by atoms with Gasteiger partial charge in [0, 0.05) is 0 Å². The first-order valence-corrected chi connectivity index (χ1v) is 12.1. The summed E-state index contributed by atoms with van der Waals surface area (Å²) >= 11 is 0. The minimum atomic E-state index is -1.55. The van der Waals surface area contributed by atoms with E-state index in [2.05, 4.69) is 98.5 Å². The Morgan fingerprint density at radius 2 is 0.958 bits per heavy atom. The average Bonchev–Trinajstić information content (AvgIpc) is 2.90. The molecule has 118 valence electrons. The van der Waals surface area contributed by atoms with Crippen LogP contribution >= 0.6 is 0 Å². The lowest BCUT2D eigenvalue weighted by molar-refractivity contribution is 1.59. The maximum atomic E-state index is 2.45. The van der Waals surface area contributed by atoms with Gasteiger partial charge in [0.15, 0.2) is 0 Å². The van der Waals surface area contributed by atoms with Gasteiger partial charge in [0.25, 0.3) is 0 Å². The van der Waals surface area contributed by atoms with Gasteiger partial charge in [-0.3, -0.25) is 0 Å². The quantitative estimate of drug-likeness (QED) is 0.369. The van der Waals surface area contributed by atoms with E-state index in [1.54, 1.807) is 5.20 Å². The molecule has 0 spiro atoms. The van der Waals surface area contributed by atoms with Crippen molar-refractivity contribution in [2.24, 2.45) is 0 Å². The van der Waals surface area contributed by atoms with E-state index in [1.165, 1.54) is 33.4 Å². The van der Waals surface area contributed by atoms with E-state index < -0.39 is 8.07 Å². The normalized spacial score (nSPS) is 12.7. The minimum absolute atomic E-state index is 1.37. The summed E-state index contributed by atoms with van der Waals surface area (Å²) in [5.74, 6) is 0. The Labute approximate surface area is 145 Å². The molecule has 0 nitrogen and oxygen atoms in total.